The standard InChI is InChI=1S/C43H84N4O2/c1-3-5-7-9-11-13-15-17-19-21-23-25-27-29-31-34-42(48)46-38-37-45-39-41-47(40-33-36-44)43(49)35-32-30-28-26-24-22-20-18-16-14-12-10-8-6-4-2/h45H,3-35,37-41H2,1-2H3,(H,46,48). The minimum Gasteiger partial charge on any atom is -0.355 e. The lowest BCUT2D eigenvalue weighted by molar-refractivity contribution is -0.131. The van der Waals surface area contributed by atoms with E-state index in [1.165, 1.54) is 167 Å². The topological polar surface area (TPSA) is 85.2 Å². The van der Waals surface area contributed by atoms with Crippen LogP contribution in [-0.4, -0.2) is 49.4 Å². The zero-order valence-corrected chi connectivity index (χ0v) is 33.1. The van der Waals surface area contributed by atoms with E-state index in [9.17, 15) is 9.59 Å². The molecule has 6 nitrogen and oxygen atoms in total. The molecule has 0 unspecified atom stereocenters. The lowest BCUT2D eigenvalue weighted by Gasteiger charge is -2.22. The Morgan fingerprint density at radius 2 is 0.837 bits per heavy atom. The average molecular weight is 689 g/mol. The van der Waals surface area contributed by atoms with Gasteiger partial charge >= 0.3 is 0 Å². The van der Waals surface area contributed by atoms with Gasteiger partial charge in [-0.05, 0) is 12.8 Å². The van der Waals surface area contributed by atoms with Gasteiger partial charge in [0.15, 0.2) is 0 Å². The summed E-state index contributed by atoms with van der Waals surface area (Å²) >= 11 is 0. The molecule has 0 aliphatic rings. The molecule has 0 heterocycles. The fourth-order valence-corrected chi connectivity index (χ4v) is 6.73. The third-order valence-corrected chi connectivity index (χ3v) is 10.0. The third kappa shape index (κ3) is 37.5. The van der Waals surface area contributed by atoms with Gasteiger partial charge in [-0.3, -0.25) is 9.59 Å². The second-order valence-electron chi connectivity index (χ2n) is 14.8. The normalized spacial score (nSPS) is 11.1. The van der Waals surface area contributed by atoms with Crippen molar-refractivity contribution in [2.45, 2.75) is 226 Å². The average Bonchev–Trinajstić information content (AvgIpc) is 3.10. The Labute approximate surface area is 306 Å². The van der Waals surface area contributed by atoms with Crippen LogP contribution in [0.1, 0.15) is 226 Å². The number of rotatable bonds is 40. The van der Waals surface area contributed by atoms with Crippen molar-refractivity contribution in [2.75, 3.05) is 32.7 Å². The maximum atomic E-state index is 12.8. The first-order chi connectivity index (χ1) is 24.2. The molecule has 49 heavy (non-hydrogen) atoms. The number of nitrogens with one attached hydrogen (secondary N) is 2. The molecule has 2 N–H and O–H groups in total. The summed E-state index contributed by atoms with van der Waals surface area (Å²) in [6.07, 6.45) is 41.4. The molecule has 0 saturated carbocycles. The molecule has 0 rings (SSSR count). The Balaban J connectivity index is 3.64. The summed E-state index contributed by atoms with van der Waals surface area (Å²) in [5.74, 6) is 0.314. The van der Waals surface area contributed by atoms with Crippen LogP contribution in [0.4, 0.5) is 0 Å². The second-order valence-corrected chi connectivity index (χ2v) is 14.8. The predicted octanol–water partition coefficient (Wildman–Crippen LogP) is 12.0. The molecule has 0 atom stereocenters. The van der Waals surface area contributed by atoms with E-state index in [0.29, 0.717) is 52.0 Å². The number of carbonyl (C=O) groups is 2. The Bertz CT molecular complexity index is 738. The summed E-state index contributed by atoms with van der Waals surface area (Å²) in [6.45, 7) is 7.68. The van der Waals surface area contributed by atoms with Crippen molar-refractivity contribution in [2.24, 2.45) is 0 Å². The Morgan fingerprint density at radius 3 is 1.22 bits per heavy atom. The summed E-state index contributed by atoms with van der Waals surface area (Å²) in [4.78, 5) is 26.8. The summed E-state index contributed by atoms with van der Waals surface area (Å²) in [6, 6.07) is 2.18. The van der Waals surface area contributed by atoms with Gasteiger partial charge in [0, 0.05) is 45.6 Å². The molecule has 0 aliphatic heterocycles. The Morgan fingerprint density at radius 1 is 0.469 bits per heavy atom. The van der Waals surface area contributed by atoms with Gasteiger partial charge in [-0.25, -0.2) is 0 Å². The van der Waals surface area contributed by atoms with Gasteiger partial charge in [0.25, 0.3) is 0 Å². The van der Waals surface area contributed by atoms with E-state index < -0.39 is 0 Å². The van der Waals surface area contributed by atoms with Gasteiger partial charge in [-0.15, -0.1) is 0 Å². The van der Waals surface area contributed by atoms with E-state index in [-0.39, 0.29) is 11.8 Å². The highest BCUT2D eigenvalue weighted by atomic mass is 16.2. The van der Waals surface area contributed by atoms with E-state index in [2.05, 4.69) is 30.6 Å². The van der Waals surface area contributed by atoms with Crippen LogP contribution in [-0.2, 0) is 9.59 Å². The maximum Gasteiger partial charge on any atom is 0.222 e. The molecule has 6 heteroatoms. The zero-order valence-electron chi connectivity index (χ0n) is 33.1. The van der Waals surface area contributed by atoms with Crippen LogP contribution in [0, 0.1) is 11.3 Å². The van der Waals surface area contributed by atoms with Crippen molar-refractivity contribution in [3.63, 3.8) is 0 Å². The van der Waals surface area contributed by atoms with Crippen molar-refractivity contribution in [1.29, 1.82) is 5.26 Å². The number of nitriles is 1. The maximum absolute atomic E-state index is 12.8. The Hall–Kier alpha value is -1.61. The number of hydrogen-bond donors (Lipinski definition) is 2. The van der Waals surface area contributed by atoms with E-state index in [4.69, 9.17) is 5.26 Å². The van der Waals surface area contributed by atoms with Crippen LogP contribution in [0.15, 0.2) is 0 Å². The highest BCUT2D eigenvalue weighted by molar-refractivity contribution is 5.76. The Kier molecular flexibility index (Phi) is 39.5. The molecule has 0 aromatic heterocycles. The molecule has 0 bridgehead atoms. The highest BCUT2D eigenvalue weighted by Gasteiger charge is 2.12. The van der Waals surface area contributed by atoms with Gasteiger partial charge in [0.05, 0.1) is 12.5 Å². The number of nitrogens with zero attached hydrogens (tertiary/aromatic N) is 2. The molecule has 0 radical (unpaired) electrons. The van der Waals surface area contributed by atoms with Crippen molar-refractivity contribution >= 4 is 11.8 Å². The van der Waals surface area contributed by atoms with Crippen LogP contribution in [0.2, 0.25) is 0 Å². The molecule has 0 aromatic carbocycles. The van der Waals surface area contributed by atoms with Gasteiger partial charge in [-0.2, -0.15) is 5.26 Å². The summed E-state index contributed by atoms with van der Waals surface area (Å²) in [5, 5.41) is 15.4. The number of carbonyl (C=O) groups excluding carboxylic acids is 2. The monoisotopic (exact) mass is 689 g/mol. The lowest BCUT2D eigenvalue weighted by atomic mass is 10.0. The van der Waals surface area contributed by atoms with E-state index >= 15 is 0 Å². The summed E-state index contributed by atoms with van der Waals surface area (Å²) < 4.78 is 0. The molecular formula is C43H84N4O2. The first kappa shape index (κ1) is 47.4. The predicted molar refractivity (Wildman–Crippen MR) is 212 cm³/mol. The number of hydrogen-bond acceptors (Lipinski definition) is 4. The van der Waals surface area contributed by atoms with Gasteiger partial charge in [0.2, 0.25) is 11.8 Å². The van der Waals surface area contributed by atoms with Gasteiger partial charge < -0.3 is 15.5 Å². The zero-order chi connectivity index (χ0) is 35.7. The molecule has 0 aliphatic carbocycles. The first-order valence-corrected chi connectivity index (χ1v) is 21.8. The smallest absolute Gasteiger partial charge is 0.222 e. The quantitative estimate of drug-likeness (QED) is 0.0627. The minimum absolute atomic E-state index is 0.144. The summed E-state index contributed by atoms with van der Waals surface area (Å²) in [5.41, 5.74) is 0. The van der Waals surface area contributed by atoms with Crippen molar-refractivity contribution < 1.29 is 9.59 Å². The molecule has 0 spiro atoms. The van der Waals surface area contributed by atoms with Crippen LogP contribution >= 0.6 is 0 Å². The van der Waals surface area contributed by atoms with Crippen LogP contribution < -0.4 is 10.6 Å². The van der Waals surface area contributed by atoms with Crippen LogP contribution in [0.25, 0.3) is 0 Å². The molecular weight excluding hydrogens is 604 g/mol. The number of unbranched alkanes of at least 4 members (excludes halogenated alkanes) is 28. The van der Waals surface area contributed by atoms with Crippen LogP contribution in [0.3, 0.4) is 0 Å². The van der Waals surface area contributed by atoms with Crippen molar-refractivity contribution in [3.8, 4) is 6.07 Å². The molecule has 0 fully saturated rings. The third-order valence-electron chi connectivity index (χ3n) is 10.0. The molecule has 2 amide bonds. The van der Waals surface area contributed by atoms with Gasteiger partial charge in [-0.1, -0.05) is 194 Å². The second kappa shape index (κ2) is 40.8. The first-order valence-electron chi connectivity index (χ1n) is 21.8. The fourth-order valence-electron chi connectivity index (χ4n) is 6.73. The SMILES string of the molecule is CCCCCCCCCCCCCCCCCC(=O)NCCNCCN(CCC#N)C(=O)CCCCCCCCCCCCCCCCC. The molecule has 0 aromatic rings. The van der Waals surface area contributed by atoms with Gasteiger partial charge in [0.1, 0.15) is 0 Å². The van der Waals surface area contributed by atoms with Crippen LogP contribution in [0.5, 0.6) is 0 Å². The van der Waals surface area contributed by atoms with E-state index in [1.807, 2.05) is 4.90 Å². The van der Waals surface area contributed by atoms with E-state index in [0.717, 1.165) is 25.7 Å². The largest absolute Gasteiger partial charge is 0.355 e. The fraction of sp³-hybridized carbons (Fsp3) is 0.930. The minimum atomic E-state index is 0.144. The lowest BCUT2D eigenvalue weighted by Crippen LogP contribution is -2.39. The molecule has 288 valence electrons. The van der Waals surface area contributed by atoms with E-state index in [1.54, 1.807) is 0 Å². The van der Waals surface area contributed by atoms with Crippen molar-refractivity contribution in [1.82, 2.24) is 15.5 Å². The summed E-state index contributed by atoms with van der Waals surface area (Å²) in [7, 11) is 0. The number of amides is 2. The molecule has 0 saturated heterocycles. The van der Waals surface area contributed by atoms with Crippen molar-refractivity contribution in [3.05, 3.63) is 0 Å². The highest BCUT2D eigenvalue weighted by Crippen LogP contribution is 2.15.